The maximum atomic E-state index is 12.1. The van der Waals surface area contributed by atoms with Gasteiger partial charge in [0.15, 0.2) is 0 Å². The molecule has 4 heteroatoms. The molecule has 102 valence electrons. The molecule has 1 amide bonds. The van der Waals surface area contributed by atoms with E-state index in [2.05, 4.69) is 6.92 Å². The minimum atomic E-state index is -0.173. The molecule has 0 aliphatic carbocycles. The first-order chi connectivity index (χ1) is 8.04. The van der Waals surface area contributed by atoms with Gasteiger partial charge in [-0.25, -0.2) is 0 Å². The molecule has 2 unspecified atom stereocenters. The van der Waals surface area contributed by atoms with E-state index in [0.29, 0.717) is 6.54 Å². The lowest BCUT2D eigenvalue weighted by Crippen LogP contribution is -2.43. The minimum Gasteiger partial charge on any atom is -0.395 e. The Kier molecular flexibility index (Phi) is 9.09. The van der Waals surface area contributed by atoms with Crippen LogP contribution in [0, 0.1) is 5.92 Å². The molecule has 17 heavy (non-hydrogen) atoms. The van der Waals surface area contributed by atoms with E-state index in [0.717, 1.165) is 19.4 Å². The number of unbranched alkanes of at least 4 members (excludes halogenated alkanes) is 3. The lowest BCUT2D eigenvalue weighted by molar-refractivity contribution is -0.136. The van der Waals surface area contributed by atoms with E-state index in [4.69, 9.17) is 10.8 Å². The summed E-state index contributed by atoms with van der Waals surface area (Å²) in [6.07, 6.45) is 4.53. The van der Waals surface area contributed by atoms with Crippen molar-refractivity contribution in [3.8, 4) is 0 Å². The van der Waals surface area contributed by atoms with Crippen LogP contribution in [0.5, 0.6) is 0 Å². The third kappa shape index (κ3) is 6.64. The minimum absolute atomic E-state index is 0.0190. The van der Waals surface area contributed by atoms with Crippen molar-refractivity contribution in [1.29, 1.82) is 0 Å². The van der Waals surface area contributed by atoms with Crippen molar-refractivity contribution in [3.63, 3.8) is 0 Å². The predicted molar refractivity (Wildman–Crippen MR) is 70.6 cm³/mol. The molecule has 0 radical (unpaired) electrons. The quantitative estimate of drug-likeness (QED) is 0.602. The Morgan fingerprint density at radius 3 is 2.35 bits per heavy atom. The maximum Gasteiger partial charge on any atom is 0.227 e. The highest BCUT2D eigenvalue weighted by atomic mass is 16.3. The van der Waals surface area contributed by atoms with Crippen LogP contribution in [0.15, 0.2) is 0 Å². The van der Waals surface area contributed by atoms with Gasteiger partial charge in [0, 0.05) is 19.1 Å². The van der Waals surface area contributed by atoms with Gasteiger partial charge in [-0.1, -0.05) is 33.1 Å². The molecule has 0 aromatic carbocycles. The van der Waals surface area contributed by atoms with Crippen molar-refractivity contribution in [2.75, 3.05) is 19.7 Å². The second kappa shape index (κ2) is 9.42. The molecule has 0 aliphatic rings. The van der Waals surface area contributed by atoms with Crippen LogP contribution in [0.25, 0.3) is 0 Å². The first-order valence-corrected chi connectivity index (χ1v) is 6.69. The molecule has 2 atom stereocenters. The Morgan fingerprint density at radius 2 is 1.88 bits per heavy atom. The van der Waals surface area contributed by atoms with E-state index in [-0.39, 0.29) is 24.5 Å². The standard InChI is InChI=1S/C13H28N2O2/c1-4-5-6-7-8-15(9-10-16)13(17)11(2)12(3)14/h11-12,16H,4-10,14H2,1-3H3. The van der Waals surface area contributed by atoms with E-state index in [1.165, 1.54) is 12.8 Å². The second-order valence-electron chi connectivity index (χ2n) is 4.76. The average Bonchev–Trinajstić information content (AvgIpc) is 2.31. The lowest BCUT2D eigenvalue weighted by Gasteiger charge is -2.26. The van der Waals surface area contributed by atoms with E-state index >= 15 is 0 Å². The highest BCUT2D eigenvalue weighted by Crippen LogP contribution is 2.08. The summed E-state index contributed by atoms with van der Waals surface area (Å²) >= 11 is 0. The van der Waals surface area contributed by atoms with Crippen LogP contribution in [0.2, 0.25) is 0 Å². The Bertz CT molecular complexity index is 208. The fourth-order valence-corrected chi connectivity index (χ4v) is 1.70. The summed E-state index contributed by atoms with van der Waals surface area (Å²) in [7, 11) is 0. The maximum absolute atomic E-state index is 12.1. The largest absolute Gasteiger partial charge is 0.395 e. The van der Waals surface area contributed by atoms with E-state index in [9.17, 15) is 4.79 Å². The van der Waals surface area contributed by atoms with E-state index in [1.54, 1.807) is 4.90 Å². The number of carbonyl (C=O) groups excluding carboxylic acids is 1. The first kappa shape index (κ1) is 16.4. The summed E-state index contributed by atoms with van der Waals surface area (Å²) in [4.78, 5) is 13.8. The highest BCUT2D eigenvalue weighted by molar-refractivity contribution is 5.79. The lowest BCUT2D eigenvalue weighted by atomic mass is 10.0. The molecule has 0 saturated heterocycles. The number of hydrogen-bond acceptors (Lipinski definition) is 3. The van der Waals surface area contributed by atoms with Gasteiger partial charge in [0.25, 0.3) is 0 Å². The molecular formula is C13H28N2O2. The van der Waals surface area contributed by atoms with Gasteiger partial charge in [-0.05, 0) is 13.3 Å². The molecule has 3 N–H and O–H groups in total. The number of nitrogens with zero attached hydrogens (tertiary/aromatic N) is 1. The topological polar surface area (TPSA) is 66.6 Å². The van der Waals surface area contributed by atoms with Gasteiger partial charge in [-0.3, -0.25) is 4.79 Å². The van der Waals surface area contributed by atoms with Crippen LogP contribution in [0.4, 0.5) is 0 Å². The Balaban J connectivity index is 4.16. The average molecular weight is 244 g/mol. The first-order valence-electron chi connectivity index (χ1n) is 6.69. The van der Waals surface area contributed by atoms with Crippen molar-refractivity contribution >= 4 is 5.91 Å². The van der Waals surface area contributed by atoms with Crippen molar-refractivity contribution in [1.82, 2.24) is 4.90 Å². The second-order valence-corrected chi connectivity index (χ2v) is 4.76. The van der Waals surface area contributed by atoms with Crippen LogP contribution >= 0.6 is 0 Å². The van der Waals surface area contributed by atoms with Crippen molar-refractivity contribution < 1.29 is 9.90 Å². The monoisotopic (exact) mass is 244 g/mol. The molecule has 0 bridgehead atoms. The number of carbonyl (C=O) groups is 1. The van der Waals surface area contributed by atoms with Gasteiger partial charge < -0.3 is 15.7 Å². The normalized spacial score (nSPS) is 14.4. The van der Waals surface area contributed by atoms with Gasteiger partial charge in [0.2, 0.25) is 5.91 Å². The fourth-order valence-electron chi connectivity index (χ4n) is 1.70. The number of aliphatic hydroxyl groups excluding tert-OH is 1. The Hall–Kier alpha value is -0.610. The summed E-state index contributed by atoms with van der Waals surface area (Å²) in [6.45, 7) is 7.03. The summed E-state index contributed by atoms with van der Waals surface area (Å²) < 4.78 is 0. The van der Waals surface area contributed by atoms with Crippen molar-refractivity contribution in [3.05, 3.63) is 0 Å². The number of rotatable bonds is 9. The van der Waals surface area contributed by atoms with Gasteiger partial charge in [0.1, 0.15) is 0 Å². The zero-order chi connectivity index (χ0) is 13.3. The molecule has 4 nitrogen and oxygen atoms in total. The Morgan fingerprint density at radius 1 is 1.24 bits per heavy atom. The Labute approximate surface area is 105 Å². The molecule has 0 spiro atoms. The third-order valence-corrected chi connectivity index (χ3v) is 3.14. The molecule has 0 heterocycles. The molecule has 0 aliphatic heterocycles. The number of hydrogen-bond donors (Lipinski definition) is 2. The molecule has 0 aromatic heterocycles. The van der Waals surface area contributed by atoms with Gasteiger partial charge in [-0.2, -0.15) is 0 Å². The molecular weight excluding hydrogens is 216 g/mol. The van der Waals surface area contributed by atoms with Gasteiger partial charge >= 0.3 is 0 Å². The zero-order valence-corrected chi connectivity index (χ0v) is 11.5. The van der Waals surface area contributed by atoms with E-state index < -0.39 is 0 Å². The highest BCUT2D eigenvalue weighted by Gasteiger charge is 2.22. The summed E-state index contributed by atoms with van der Waals surface area (Å²) in [5.41, 5.74) is 5.74. The molecule has 0 aromatic rings. The fraction of sp³-hybridized carbons (Fsp3) is 0.923. The van der Waals surface area contributed by atoms with Crippen LogP contribution in [0.1, 0.15) is 46.5 Å². The SMILES string of the molecule is CCCCCCN(CCO)C(=O)C(C)C(C)N. The van der Waals surface area contributed by atoms with Crippen LogP contribution in [0.3, 0.4) is 0 Å². The molecule has 0 saturated carbocycles. The number of amides is 1. The third-order valence-electron chi connectivity index (χ3n) is 3.14. The van der Waals surface area contributed by atoms with Crippen LogP contribution < -0.4 is 5.73 Å². The molecule has 0 rings (SSSR count). The zero-order valence-electron chi connectivity index (χ0n) is 11.5. The van der Waals surface area contributed by atoms with Crippen molar-refractivity contribution in [2.45, 2.75) is 52.5 Å². The summed E-state index contributed by atoms with van der Waals surface area (Å²) in [5, 5.41) is 8.98. The van der Waals surface area contributed by atoms with Gasteiger partial charge in [-0.15, -0.1) is 0 Å². The smallest absolute Gasteiger partial charge is 0.227 e. The van der Waals surface area contributed by atoms with Crippen LogP contribution in [-0.2, 0) is 4.79 Å². The number of nitrogens with two attached hydrogens (primary N) is 1. The van der Waals surface area contributed by atoms with E-state index in [1.807, 2.05) is 13.8 Å². The summed E-state index contributed by atoms with van der Waals surface area (Å²) in [5.74, 6) is -0.113. The number of aliphatic hydroxyl groups is 1. The predicted octanol–water partition coefficient (Wildman–Crippen LogP) is 1.37. The van der Waals surface area contributed by atoms with Crippen LogP contribution in [-0.4, -0.2) is 41.7 Å². The van der Waals surface area contributed by atoms with Gasteiger partial charge in [0.05, 0.1) is 12.5 Å². The molecule has 0 fully saturated rings. The van der Waals surface area contributed by atoms with Crippen molar-refractivity contribution in [2.24, 2.45) is 11.7 Å². The summed E-state index contributed by atoms with van der Waals surface area (Å²) in [6, 6.07) is -0.140.